The van der Waals surface area contributed by atoms with E-state index in [0.717, 1.165) is 17.2 Å². The van der Waals surface area contributed by atoms with Gasteiger partial charge in [0, 0.05) is 25.0 Å². The molecule has 0 atom stereocenters. The van der Waals surface area contributed by atoms with E-state index in [4.69, 9.17) is 11.6 Å². The maximum atomic E-state index is 12.6. The van der Waals surface area contributed by atoms with Crippen molar-refractivity contribution in [3.05, 3.63) is 46.6 Å². The van der Waals surface area contributed by atoms with E-state index in [1.54, 1.807) is 18.5 Å². The SMILES string of the molecule is Cc1cnccc1CNc1cc(C(F)(F)F)nc(Cl)n1. The molecule has 0 bridgehead atoms. The minimum Gasteiger partial charge on any atom is -0.366 e. The third kappa shape index (κ3) is 3.57. The number of hydrogen-bond donors (Lipinski definition) is 1. The van der Waals surface area contributed by atoms with Gasteiger partial charge < -0.3 is 5.32 Å². The number of alkyl halides is 3. The van der Waals surface area contributed by atoms with E-state index in [0.29, 0.717) is 6.54 Å². The fourth-order valence-electron chi connectivity index (χ4n) is 1.54. The summed E-state index contributed by atoms with van der Waals surface area (Å²) < 4.78 is 37.8. The maximum absolute atomic E-state index is 12.6. The number of halogens is 4. The van der Waals surface area contributed by atoms with Gasteiger partial charge in [-0.15, -0.1) is 0 Å². The molecule has 0 spiro atoms. The zero-order valence-electron chi connectivity index (χ0n) is 10.4. The lowest BCUT2D eigenvalue weighted by Crippen LogP contribution is -2.11. The Balaban J connectivity index is 2.18. The van der Waals surface area contributed by atoms with E-state index < -0.39 is 17.2 Å². The van der Waals surface area contributed by atoms with Gasteiger partial charge in [-0.1, -0.05) is 0 Å². The van der Waals surface area contributed by atoms with E-state index in [1.165, 1.54) is 0 Å². The highest BCUT2D eigenvalue weighted by Crippen LogP contribution is 2.29. The molecule has 2 rings (SSSR count). The molecular weight excluding hydrogens is 293 g/mol. The third-order valence-corrected chi connectivity index (χ3v) is 2.75. The normalized spacial score (nSPS) is 11.4. The first-order valence-corrected chi connectivity index (χ1v) is 5.99. The number of nitrogens with one attached hydrogen (secondary N) is 1. The lowest BCUT2D eigenvalue weighted by molar-refractivity contribution is -0.141. The van der Waals surface area contributed by atoms with E-state index in [-0.39, 0.29) is 5.82 Å². The first-order valence-electron chi connectivity index (χ1n) is 5.61. The molecule has 0 aliphatic carbocycles. The van der Waals surface area contributed by atoms with Gasteiger partial charge in [0.05, 0.1) is 0 Å². The van der Waals surface area contributed by atoms with E-state index in [9.17, 15) is 13.2 Å². The lowest BCUT2D eigenvalue weighted by atomic mass is 10.1. The van der Waals surface area contributed by atoms with Crippen LogP contribution in [0.2, 0.25) is 5.28 Å². The first-order chi connectivity index (χ1) is 9.36. The van der Waals surface area contributed by atoms with E-state index >= 15 is 0 Å². The molecule has 0 aromatic carbocycles. The fraction of sp³-hybridized carbons (Fsp3) is 0.250. The topological polar surface area (TPSA) is 50.7 Å². The summed E-state index contributed by atoms with van der Waals surface area (Å²) in [5.74, 6) is 0.0218. The van der Waals surface area contributed by atoms with Crippen LogP contribution in [0.5, 0.6) is 0 Å². The van der Waals surface area contributed by atoms with Crippen molar-refractivity contribution < 1.29 is 13.2 Å². The van der Waals surface area contributed by atoms with Crippen molar-refractivity contribution in [3.63, 3.8) is 0 Å². The first kappa shape index (κ1) is 14.5. The summed E-state index contributed by atoms with van der Waals surface area (Å²) in [6.07, 6.45) is -1.28. The molecule has 0 saturated carbocycles. The quantitative estimate of drug-likeness (QED) is 0.882. The van der Waals surface area contributed by atoms with Crippen molar-refractivity contribution in [2.24, 2.45) is 0 Å². The maximum Gasteiger partial charge on any atom is 0.433 e. The van der Waals surface area contributed by atoms with Crippen LogP contribution < -0.4 is 5.32 Å². The van der Waals surface area contributed by atoms with Crippen molar-refractivity contribution in [1.82, 2.24) is 15.0 Å². The standard InChI is InChI=1S/C12H10ClF3N4/c1-7-5-17-3-2-8(7)6-18-10-4-9(12(14,15)16)19-11(13)20-10/h2-5H,6H2,1H3,(H,18,19,20). The molecule has 4 nitrogen and oxygen atoms in total. The number of rotatable bonds is 3. The Kier molecular flexibility index (Phi) is 4.08. The van der Waals surface area contributed by atoms with Gasteiger partial charge in [-0.2, -0.15) is 13.2 Å². The van der Waals surface area contributed by atoms with Crippen LogP contribution >= 0.6 is 11.6 Å². The highest BCUT2D eigenvalue weighted by molar-refractivity contribution is 6.28. The van der Waals surface area contributed by atoms with Crippen molar-refractivity contribution in [2.75, 3.05) is 5.32 Å². The smallest absolute Gasteiger partial charge is 0.366 e. The molecular formula is C12H10ClF3N4. The predicted octanol–water partition coefficient (Wildman–Crippen LogP) is 3.46. The van der Waals surface area contributed by atoms with Crippen molar-refractivity contribution >= 4 is 17.4 Å². The molecule has 0 amide bonds. The summed E-state index contributed by atoms with van der Waals surface area (Å²) in [5, 5.41) is 2.34. The summed E-state index contributed by atoms with van der Waals surface area (Å²) in [6, 6.07) is 2.60. The highest BCUT2D eigenvalue weighted by Gasteiger charge is 2.33. The monoisotopic (exact) mass is 302 g/mol. The summed E-state index contributed by atoms with van der Waals surface area (Å²) in [5.41, 5.74) is 0.756. The molecule has 0 fully saturated rings. The Bertz CT molecular complexity index is 616. The molecule has 20 heavy (non-hydrogen) atoms. The molecule has 0 radical (unpaired) electrons. The van der Waals surface area contributed by atoms with Crippen molar-refractivity contribution in [3.8, 4) is 0 Å². The van der Waals surface area contributed by atoms with Gasteiger partial charge in [-0.3, -0.25) is 4.98 Å². The minimum absolute atomic E-state index is 0.0218. The van der Waals surface area contributed by atoms with Crippen LogP contribution in [-0.4, -0.2) is 15.0 Å². The van der Waals surface area contributed by atoms with Crippen LogP contribution in [0, 0.1) is 6.92 Å². The van der Waals surface area contributed by atoms with Gasteiger partial charge in [0.15, 0.2) is 5.69 Å². The molecule has 0 saturated heterocycles. The highest BCUT2D eigenvalue weighted by atomic mass is 35.5. The van der Waals surface area contributed by atoms with Crippen molar-refractivity contribution in [1.29, 1.82) is 0 Å². The number of pyridine rings is 1. The van der Waals surface area contributed by atoms with Gasteiger partial charge in [0.25, 0.3) is 0 Å². The van der Waals surface area contributed by atoms with Crippen LogP contribution in [-0.2, 0) is 12.7 Å². The summed E-state index contributed by atoms with van der Waals surface area (Å²) in [4.78, 5) is 10.8. The Morgan fingerprint density at radius 1 is 1.30 bits per heavy atom. The van der Waals surface area contributed by atoms with E-state index in [1.807, 2.05) is 6.92 Å². The summed E-state index contributed by atoms with van der Waals surface area (Å²) >= 11 is 5.50. The van der Waals surface area contributed by atoms with Crippen LogP contribution in [0.4, 0.5) is 19.0 Å². The second-order valence-electron chi connectivity index (χ2n) is 4.06. The molecule has 0 aliphatic heterocycles. The summed E-state index contributed by atoms with van der Waals surface area (Å²) in [6.45, 7) is 2.18. The third-order valence-electron chi connectivity index (χ3n) is 2.59. The van der Waals surface area contributed by atoms with Gasteiger partial charge in [0.2, 0.25) is 5.28 Å². The van der Waals surface area contributed by atoms with Crippen LogP contribution in [0.25, 0.3) is 0 Å². The zero-order chi connectivity index (χ0) is 14.8. The lowest BCUT2D eigenvalue weighted by Gasteiger charge is -2.10. The zero-order valence-corrected chi connectivity index (χ0v) is 11.1. The Morgan fingerprint density at radius 2 is 2.05 bits per heavy atom. The van der Waals surface area contributed by atoms with Gasteiger partial charge in [-0.25, -0.2) is 9.97 Å². The van der Waals surface area contributed by atoms with E-state index in [2.05, 4.69) is 20.3 Å². The molecule has 2 heterocycles. The van der Waals surface area contributed by atoms with Crippen LogP contribution in [0.3, 0.4) is 0 Å². The molecule has 0 aliphatic rings. The molecule has 1 N–H and O–H groups in total. The molecule has 8 heteroatoms. The Morgan fingerprint density at radius 3 is 2.70 bits per heavy atom. The second kappa shape index (κ2) is 5.62. The minimum atomic E-state index is -4.56. The Hall–Kier alpha value is -1.89. The van der Waals surface area contributed by atoms with Crippen LogP contribution in [0.1, 0.15) is 16.8 Å². The average Bonchev–Trinajstić information content (AvgIpc) is 2.36. The average molecular weight is 303 g/mol. The van der Waals surface area contributed by atoms with Gasteiger partial charge in [-0.05, 0) is 35.7 Å². The Labute approximate surface area is 118 Å². The number of anilines is 1. The largest absolute Gasteiger partial charge is 0.433 e. The molecule has 0 unspecified atom stereocenters. The van der Waals surface area contributed by atoms with Gasteiger partial charge >= 0.3 is 6.18 Å². The fourth-order valence-corrected chi connectivity index (χ4v) is 1.72. The number of aromatic nitrogens is 3. The van der Waals surface area contributed by atoms with Crippen molar-refractivity contribution in [2.45, 2.75) is 19.6 Å². The van der Waals surface area contributed by atoms with Crippen LogP contribution in [0.15, 0.2) is 24.5 Å². The molecule has 2 aromatic heterocycles. The second-order valence-corrected chi connectivity index (χ2v) is 4.40. The summed E-state index contributed by atoms with van der Waals surface area (Å²) in [7, 11) is 0. The van der Waals surface area contributed by atoms with Gasteiger partial charge in [0.1, 0.15) is 5.82 Å². The number of nitrogens with zero attached hydrogens (tertiary/aromatic N) is 3. The molecule has 106 valence electrons. The predicted molar refractivity (Wildman–Crippen MR) is 68.3 cm³/mol. The number of aryl methyl sites for hydroxylation is 1. The number of hydrogen-bond acceptors (Lipinski definition) is 4. The molecule has 2 aromatic rings.